The fraction of sp³-hybridized carbons (Fsp3) is 0.769. The SMILES string of the molecule is CCC1(C(=O)NC2CC(=O)N(C)C2=O)CCNCC1. The number of rotatable bonds is 3. The van der Waals surface area contributed by atoms with E-state index in [0.717, 1.165) is 37.3 Å². The molecule has 6 nitrogen and oxygen atoms in total. The molecule has 0 aromatic carbocycles. The van der Waals surface area contributed by atoms with Crippen LogP contribution in [0.5, 0.6) is 0 Å². The van der Waals surface area contributed by atoms with Gasteiger partial charge in [-0.15, -0.1) is 0 Å². The monoisotopic (exact) mass is 267 g/mol. The number of nitrogens with zero attached hydrogens (tertiary/aromatic N) is 1. The van der Waals surface area contributed by atoms with Gasteiger partial charge in [-0.25, -0.2) is 0 Å². The number of piperidine rings is 1. The van der Waals surface area contributed by atoms with Crippen molar-refractivity contribution in [2.75, 3.05) is 20.1 Å². The number of carbonyl (C=O) groups is 3. The average Bonchev–Trinajstić information content (AvgIpc) is 2.67. The van der Waals surface area contributed by atoms with E-state index in [1.807, 2.05) is 6.92 Å². The van der Waals surface area contributed by atoms with Gasteiger partial charge in [-0.1, -0.05) is 6.92 Å². The summed E-state index contributed by atoms with van der Waals surface area (Å²) in [5, 5.41) is 6.01. The minimum Gasteiger partial charge on any atom is -0.343 e. The van der Waals surface area contributed by atoms with E-state index in [1.165, 1.54) is 7.05 Å². The molecule has 2 fully saturated rings. The number of hydrogen-bond donors (Lipinski definition) is 2. The van der Waals surface area contributed by atoms with Gasteiger partial charge in [0.15, 0.2) is 0 Å². The Labute approximate surface area is 112 Å². The lowest BCUT2D eigenvalue weighted by Crippen LogP contribution is -2.51. The van der Waals surface area contributed by atoms with Crippen molar-refractivity contribution in [3.63, 3.8) is 0 Å². The minimum atomic E-state index is -0.677. The first-order chi connectivity index (χ1) is 9.00. The first-order valence-electron chi connectivity index (χ1n) is 6.82. The molecule has 2 saturated heterocycles. The Balaban J connectivity index is 2.04. The molecule has 6 heteroatoms. The maximum absolute atomic E-state index is 12.4. The lowest BCUT2D eigenvalue weighted by atomic mass is 9.75. The smallest absolute Gasteiger partial charge is 0.252 e. The van der Waals surface area contributed by atoms with Crippen LogP contribution in [0.4, 0.5) is 0 Å². The van der Waals surface area contributed by atoms with Crippen molar-refractivity contribution >= 4 is 17.7 Å². The molecular weight excluding hydrogens is 246 g/mol. The molecule has 1 atom stereocenters. The summed E-state index contributed by atoms with van der Waals surface area (Å²) in [5.41, 5.74) is -0.393. The molecule has 2 N–H and O–H groups in total. The van der Waals surface area contributed by atoms with Gasteiger partial charge in [0.25, 0.3) is 5.91 Å². The van der Waals surface area contributed by atoms with Crippen molar-refractivity contribution in [3.8, 4) is 0 Å². The quantitative estimate of drug-likeness (QED) is 0.685. The normalized spacial score (nSPS) is 26.6. The summed E-state index contributed by atoms with van der Waals surface area (Å²) in [5.74, 6) is -0.623. The second kappa shape index (κ2) is 5.28. The van der Waals surface area contributed by atoms with Crippen LogP contribution in [-0.2, 0) is 14.4 Å². The largest absolute Gasteiger partial charge is 0.343 e. The van der Waals surface area contributed by atoms with Crippen LogP contribution in [0.25, 0.3) is 0 Å². The van der Waals surface area contributed by atoms with Gasteiger partial charge < -0.3 is 10.6 Å². The van der Waals surface area contributed by atoms with Gasteiger partial charge in [0.05, 0.1) is 11.8 Å². The Morgan fingerprint density at radius 3 is 2.53 bits per heavy atom. The fourth-order valence-electron chi connectivity index (χ4n) is 2.83. The molecule has 0 aromatic heterocycles. The molecule has 0 saturated carbocycles. The van der Waals surface area contributed by atoms with Crippen LogP contribution in [0.3, 0.4) is 0 Å². The molecule has 0 spiro atoms. The highest BCUT2D eigenvalue weighted by molar-refractivity contribution is 6.06. The van der Waals surface area contributed by atoms with Crippen molar-refractivity contribution in [2.24, 2.45) is 5.41 Å². The Bertz CT molecular complexity index is 402. The fourth-order valence-corrected chi connectivity index (χ4v) is 2.83. The van der Waals surface area contributed by atoms with Gasteiger partial charge in [-0.2, -0.15) is 0 Å². The standard InChI is InChI=1S/C13H21N3O3/c1-3-13(4-6-14-7-5-13)12(19)15-9-8-10(17)16(2)11(9)18/h9,14H,3-8H2,1-2H3,(H,15,19). The van der Waals surface area contributed by atoms with E-state index >= 15 is 0 Å². The highest BCUT2D eigenvalue weighted by Gasteiger charge is 2.42. The molecule has 19 heavy (non-hydrogen) atoms. The lowest BCUT2D eigenvalue weighted by Gasteiger charge is -2.35. The number of carbonyl (C=O) groups excluding carboxylic acids is 3. The molecule has 2 heterocycles. The van der Waals surface area contributed by atoms with Crippen molar-refractivity contribution in [3.05, 3.63) is 0 Å². The molecule has 2 aliphatic rings. The van der Waals surface area contributed by atoms with Crippen LogP contribution in [0.15, 0.2) is 0 Å². The summed E-state index contributed by atoms with van der Waals surface area (Å²) >= 11 is 0. The van der Waals surface area contributed by atoms with E-state index in [0.29, 0.717) is 0 Å². The van der Waals surface area contributed by atoms with E-state index in [4.69, 9.17) is 0 Å². The van der Waals surface area contributed by atoms with Crippen molar-refractivity contribution in [1.29, 1.82) is 0 Å². The predicted octanol–water partition coefficient (Wildman–Crippen LogP) is -0.360. The van der Waals surface area contributed by atoms with E-state index in [2.05, 4.69) is 10.6 Å². The number of likely N-dealkylation sites (tertiary alicyclic amines) is 1. The summed E-state index contributed by atoms with van der Waals surface area (Å²) in [4.78, 5) is 36.8. The summed E-state index contributed by atoms with van der Waals surface area (Å²) in [7, 11) is 1.46. The summed E-state index contributed by atoms with van der Waals surface area (Å²) in [6.45, 7) is 3.63. The third-order valence-electron chi connectivity index (χ3n) is 4.41. The maximum Gasteiger partial charge on any atom is 0.252 e. The van der Waals surface area contributed by atoms with Crippen molar-refractivity contribution in [2.45, 2.75) is 38.6 Å². The third-order valence-corrected chi connectivity index (χ3v) is 4.41. The zero-order valence-electron chi connectivity index (χ0n) is 11.5. The van der Waals surface area contributed by atoms with Gasteiger partial charge in [-0.3, -0.25) is 19.3 Å². The number of amides is 3. The van der Waals surface area contributed by atoms with Crippen molar-refractivity contribution in [1.82, 2.24) is 15.5 Å². The first kappa shape index (κ1) is 14.0. The Hall–Kier alpha value is -1.43. The molecule has 3 amide bonds. The van der Waals surface area contributed by atoms with Crippen LogP contribution in [0.2, 0.25) is 0 Å². The maximum atomic E-state index is 12.4. The molecule has 0 bridgehead atoms. The first-order valence-corrected chi connectivity index (χ1v) is 6.82. The minimum absolute atomic E-state index is 0.0825. The average molecular weight is 267 g/mol. The molecule has 0 aromatic rings. The third kappa shape index (κ3) is 2.49. The highest BCUT2D eigenvalue weighted by atomic mass is 16.2. The van der Waals surface area contributed by atoms with Gasteiger partial charge in [-0.05, 0) is 32.4 Å². The van der Waals surface area contributed by atoms with Gasteiger partial charge >= 0.3 is 0 Å². The lowest BCUT2D eigenvalue weighted by molar-refractivity contribution is -0.140. The molecule has 0 aliphatic carbocycles. The molecule has 1 unspecified atom stereocenters. The predicted molar refractivity (Wildman–Crippen MR) is 69.2 cm³/mol. The molecule has 0 radical (unpaired) electrons. The Kier molecular flexibility index (Phi) is 3.89. The van der Waals surface area contributed by atoms with Crippen LogP contribution in [0.1, 0.15) is 32.6 Å². The summed E-state index contributed by atoms with van der Waals surface area (Å²) < 4.78 is 0. The Morgan fingerprint density at radius 1 is 1.42 bits per heavy atom. The van der Waals surface area contributed by atoms with E-state index in [-0.39, 0.29) is 24.1 Å². The van der Waals surface area contributed by atoms with E-state index < -0.39 is 11.5 Å². The zero-order valence-corrected chi connectivity index (χ0v) is 11.5. The van der Waals surface area contributed by atoms with Crippen LogP contribution in [-0.4, -0.2) is 48.8 Å². The second-order valence-electron chi connectivity index (χ2n) is 5.41. The van der Waals surface area contributed by atoms with Crippen LogP contribution < -0.4 is 10.6 Å². The van der Waals surface area contributed by atoms with Gasteiger partial charge in [0.2, 0.25) is 11.8 Å². The number of likely N-dealkylation sites (N-methyl/N-ethyl adjacent to an activating group) is 1. The second-order valence-corrected chi connectivity index (χ2v) is 5.41. The topological polar surface area (TPSA) is 78.5 Å². The summed E-state index contributed by atoms with van der Waals surface area (Å²) in [6, 6.07) is -0.677. The highest BCUT2D eigenvalue weighted by Crippen LogP contribution is 2.33. The van der Waals surface area contributed by atoms with Crippen LogP contribution >= 0.6 is 0 Å². The molecule has 2 aliphatic heterocycles. The number of nitrogens with one attached hydrogen (secondary N) is 2. The Morgan fingerprint density at radius 2 is 2.05 bits per heavy atom. The van der Waals surface area contributed by atoms with Gasteiger partial charge in [0, 0.05) is 7.05 Å². The van der Waals surface area contributed by atoms with Crippen LogP contribution in [0, 0.1) is 5.41 Å². The molecule has 106 valence electrons. The molecular formula is C13H21N3O3. The van der Waals surface area contributed by atoms with Crippen molar-refractivity contribution < 1.29 is 14.4 Å². The summed E-state index contributed by atoms with van der Waals surface area (Å²) in [6.07, 6.45) is 2.39. The van der Waals surface area contributed by atoms with Gasteiger partial charge in [0.1, 0.15) is 6.04 Å². The number of imide groups is 1. The van der Waals surface area contributed by atoms with E-state index in [9.17, 15) is 14.4 Å². The zero-order chi connectivity index (χ0) is 14.0. The van der Waals surface area contributed by atoms with E-state index in [1.54, 1.807) is 0 Å². The molecule has 2 rings (SSSR count). The number of hydrogen-bond acceptors (Lipinski definition) is 4.